The van der Waals surface area contributed by atoms with Gasteiger partial charge in [0.25, 0.3) is 0 Å². The molecule has 0 saturated carbocycles. The van der Waals surface area contributed by atoms with Gasteiger partial charge in [-0.3, -0.25) is 0 Å². The fraction of sp³-hybridized carbons (Fsp3) is 0.407. The number of nitrogen functional groups attached to an aromatic ring is 1. The Labute approximate surface area is 240 Å². The molecule has 1 aromatic carbocycles. The van der Waals surface area contributed by atoms with E-state index < -0.39 is 11.4 Å². The molecule has 0 bridgehead atoms. The van der Waals surface area contributed by atoms with E-state index in [2.05, 4.69) is 49.1 Å². The number of hydrogen-bond acceptors (Lipinski definition) is 9. The summed E-state index contributed by atoms with van der Waals surface area (Å²) in [6.45, 7) is 7.70. The molecule has 1 aliphatic heterocycles. The summed E-state index contributed by atoms with van der Waals surface area (Å²) in [4.78, 5) is 12.8. The molecule has 1 spiro atoms. The number of nitrogens with two attached hydrogens (primary N) is 1. The molecule has 6 rings (SSSR count). The second-order valence-electron chi connectivity index (χ2n) is 11.2. The van der Waals surface area contributed by atoms with Crippen LogP contribution in [0.15, 0.2) is 58.8 Å². The van der Waals surface area contributed by atoms with Gasteiger partial charge in [0.2, 0.25) is 5.95 Å². The van der Waals surface area contributed by atoms with Crippen LogP contribution in [0.3, 0.4) is 0 Å². The van der Waals surface area contributed by atoms with Crippen molar-refractivity contribution in [3.05, 3.63) is 65.2 Å². The third-order valence-corrected chi connectivity index (χ3v) is 10.9. The Morgan fingerprint density at radius 2 is 1.92 bits per heavy atom. The second-order valence-corrected chi connectivity index (χ2v) is 14.7. The number of benzene rings is 1. The van der Waals surface area contributed by atoms with Crippen molar-refractivity contribution < 1.29 is 4.55 Å². The number of anilines is 2. The Morgan fingerprint density at radius 3 is 2.69 bits per heavy atom. The highest BCUT2D eigenvalue weighted by molar-refractivity contribution is 7.99. The van der Waals surface area contributed by atoms with Crippen LogP contribution in [0.5, 0.6) is 0 Å². The second kappa shape index (κ2) is 10.1. The summed E-state index contributed by atoms with van der Waals surface area (Å²) >= 11 is 6.66. The minimum absolute atomic E-state index is 0.00121. The Kier molecular flexibility index (Phi) is 6.91. The van der Waals surface area contributed by atoms with E-state index in [0.29, 0.717) is 16.5 Å². The van der Waals surface area contributed by atoms with Gasteiger partial charge >= 0.3 is 0 Å². The number of pyridine rings is 1. The molecule has 4 aromatic rings. The topological polar surface area (TPSA) is 120 Å². The zero-order valence-electron chi connectivity index (χ0n) is 22.1. The van der Waals surface area contributed by atoms with Crippen LogP contribution in [0.1, 0.15) is 50.8 Å². The number of nitrogens with one attached hydrogen (secondary N) is 1. The predicted octanol–water partition coefficient (Wildman–Crippen LogP) is 4.84. The van der Waals surface area contributed by atoms with E-state index in [1.165, 1.54) is 22.9 Å². The normalized spacial score (nSPS) is 19.5. The van der Waals surface area contributed by atoms with E-state index in [-0.39, 0.29) is 16.2 Å². The van der Waals surface area contributed by atoms with Crippen molar-refractivity contribution in [3.63, 3.8) is 0 Å². The van der Waals surface area contributed by atoms with Gasteiger partial charge in [-0.25, -0.2) is 14.4 Å². The molecule has 1 fully saturated rings. The maximum atomic E-state index is 13.2. The Bertz CT molecular complexity index is 1520. The minimum atomic E-state index is -1.16. The average molecular weight is 583 g/mol. The van der Waals surface area contributed by atoms with E-state index in [9.17, 15) is 4.55 Å². The third-order valence-electron chi connectivity index (χ3n) is 7.73. The lowest BCUT2D eigenvalue weighted by molar-refractivity contribution is 0.175. The van der Waals surface area contributed by atoms with Crippen LogP contribution in [0.25, 0.3) is 5.65 Å². The molecule has 0 radical (unpaired) electrons. The van der Waals surface area contributed by atoms with Crippen molar-refractivity contribution in [1.29, 1.82) is 0 Å². The lowest BCUT2D eigenvalue weighted by atomic mass is 9.73. The van der Waals surface area contributed by atoms with Crippen LogP contribution in [-0.2, 0) is 17.8 Å². The van der Waals surface area contributed by atoms with E-state index >= 15 is 0 Å². The largest absolute Gasteiger partial charge is 0.598 e. The molecule has 39 heavy (non-hydrogen) atoms. The number of halogens is 1. The Hall–Kier alpha value is -2.57. The van der Waals surface area contributed by atoms with Gasteiger partial charge in [0.05, 0.1) is 16.0 Å². The highest BCUT2D eigenvalue weighted by Crippen LogP contribution is 2.53. The molecule has 9 nitrogen and oxygen atoms in total. The SMILES string of the molecule is CC(C)(C)[S+]([O-])N[C@H]1c2ccccc2CC12CCN(c1ncc(Sc3ccnc(N)c3Cl)c3nncn13)CC2. The Morgan fingerprint density at radius 1 is 1.15 bits per heavy atom. The number of nitrogens with zero attached hydrogens (tertiary/aromatic N) is 6. The maximum absolute atomic E-state index is 13.2. The number of hydrogen-bond donors (Lipinski definition) is 2. The van der Waals surface area contributed by atoms with Crippen LogP contribution in [0, 0.1) is 5.41 Å². The van der Waals surface area contributed by atoms with Gasteiger partial charge in [-0.1, -0.05) is 47.6 Å². The lowest BCUT2D eigenvalue weighted by Crippen LogP contribution is -2.50. The first-order valence-electron chi connectivity index (χ1n) is 12.9. The average Bonchev–Trinajstić information content (AvgIpc) is 3.51. The lowest BCUT2D eigenvalue weighted by Gasteiger charge is -2.44. The van der Waals surface area contributed by atoms with Crippen molar-refractivity contribution >= 4 is 52.1 Å². The molecule has 12 heteroatoms. The van der Waals surface area contributed by atoms with Crippen LogP contribution in [-0.4, -0.2) is 47.0 Å². The van der Waals surface area contributed by atoms with Crippen LogP contribution >= 0.6 is 23.4 Å². The van der Waals surface area contributed by atoms with Gasteiger partial charge in [0.1, 0.15) is 16.9 Å². The van der Waals surface area contributed by atoms with Crippen molar-refractivity contribution in [2.24, 2.45) is 5.41 Å². The molecule has 204 valence electrons. The highest BCUT2D eigenvalue weighted by atomic mass is 35.5. The van der Waals surface area contributed by atoms with E-state index in [4.69, 9.17) is 22.3 Å². The number of fused-ring (bicyclic) bond motifs is 2. The van der Waals surface area contributed by atoms with E-state index in [1.54, 1.807) is 12.5 Å². The molecule has 2 aliphatic rings. The van der Waals surface area contributed by atoms with Gasteiger partial charge in [0, 0.05) is 47.2 Å². The van der Waals surface area contributed by atoms with Gasteiger partial charge in [0.15, 0.2) is 5.65 Å². The quantitative estimate of drug-likeness (QED) is 0.318. The predicted molar refractivity (Wildman–Crippen MR) is 156 cm³/mol. The fourth-order valence-corrected chi connectivity index (χ4v) is 7.68. The molecule has 3 aromatic heterocycles. The van der Waals surface area contributed by atoms with Crippen molar-refractivity contribution in [3.8, 4) is 0 Å². The maximum Gasteiger partial charge on any atom is 0.212 e. The molecule has 1 aliphatic carbocycles. The third kappa shape index (κ3) is 4.84. The van der Waals surface area contributed by atoms with Gasteiger partial charge in [-0.2, -0.15) is 0 Å². The number of aromatic nitrogens is 5. The smallest absolute Gasteiger partial charge is 0.212 e. The fourth-order valence-electron chi connectivity index (χ4n) is 5.61. The zero-order chi connectivity index (χ0) is 27.4. The van der Waals surface area contributed by atoms with E-state index in [0.717, 1.165) is 48.1 Å². The summed E-state index contributed by atoms with van der Waals surface area (Å²) in [5.74, 6) is 1.10. The van der Waals surface area contributed by atoms with E-state index in [1.807, 2.05) is 37.4 Å². The summed E-state index contributed by atoms with van der Waals surface area (Å²) < 4.78 is 18.3. The van der Waals surface area contributed by atoms with Crippen LogP contribution < -0.4 is 15.4 Å². The molecule has 4 heterocycles. The van der Waals surface area contributed by atoms with Gasteiger partial charge < -0.3 is 15.2 Å². The summed E-state index contributed by atoms with van der Waals surface area (Å²) in [6.07, 6.45) is 8.05. The van der Waals surface area contributed by atoms with Crippen molar-refractivity contribution in [2.45, 2.75) is 60.6 Å². The summed E-state index contributed by atoms with van der Waals surface area (Å²) in [7, 11) is 0. The van der Waals surface area contributed by atoms with Crippen molar-refractivity contribution in [2.75, 3.05) is 23.7 Å². The summed E-state index contributed by atoms with van der Waals surface area (Å²) in [5.41, 5.74) is 9.23. The molecular formula is C27H31ClN8OS2. The first-order valence-corrected chi connectivity index (χ1v) is 15.3. The minimum Gasteiger partial charge on any atom is -0.598 e. The summed E-state index contributed by atoms with van der Waals surface area (Å²) in [6, 6.07) is 10.5. The molecule has 0 amide bonds. The molecule has 3 N–H and O–H groups in total. The first-order chi connectivity index (χ1) is 18.7. The monoisotopic (exact) mass is 582 g/mol. The molecule has 1 saturated heterocycles. The van der Waals surface area contributed by atoms with Gasteiger partial charge in [-0.15, -0.1) is 14.9 Å². The Balaban J connectivity index is 1.25. The first kappa shape index (κ1) is 26.6. The van der Waals surface area contributed by atoms with Crippen molar-refractivity contribution in [1.82, 2.24) is 29.3 Å². The number of piperidine rings is 1. The standard InChI is InChI=1S/C27H31ClN8OS2/c1-26(2,3)39(37)34-22-18-7-5-4-6-17(18)14-27(22)9-12-35(13-10-27)25-31-15-20(24-33-32-16-36(24)25)38-19-8-11-30-23(29)21(19)28/h4-8,11,15-16,22,34H,9-10,12-14H2,1-3H3,(H2,29,30)/t22-,39?/m0/s1. The van der Waals surface area contributed by atoms with Crippen LogP contribution in [0.4, 0.5) is 11.8 Å². The highest BCUT2D eigenvalue weighted by Gasteiger charge is 2.50. The van der Waals surface area contributed by atoms with Gasteiger partial charge in [-0.05, 0) is 57.2 Å². The van der Waals surface area contributed by atoms with Crippen LogP contribution in [0.2, 0.25) is 5.02 Å². The number of rotatable bonds is 5. The summed E-state index contributed by atoms with van der Waals surface area (Å²) in [5, 5.41) is 8.98. The molecule has 2 atom stereocenters. The molecular weight excluding hydrogens is 552 g/mol. The zero-order valence-corrected chi connectivity index (χ0v) is 24.5. The molecule has 1 unspecified atom stereocenters.